The van der Waals surface area contributed by atoms with E-state index < -0.39 is 0 Å². The number of pyridine rings is 1. The van der Waals surface area contributed by atoms with Gasteiger partial charge in [-0.25, -0.2) is 4.98 Å². The Morgan fingerprint density at radius 1 is 1.15 bits per heavy atom. The largest absolute Gasteiger partial charge is 0.465 e. The van der Waals surface area contributed by atoms with E-state index in [1.807, 2.05) is 26.2 Å². The van der Waals surface area contributed by atoms with Crippen molar-refractivity contribution in [1.29, 1.82) is 0 Å². The molecule has 7 heteroatoms. The summed E-state index contributed by atoms with van der Waals surface area (Å²) in [6.45, 7) is 9.12. The number of benzene rings is 1. The summed E-state index contributed by atoms with van der Waals surface area (Å²) in [5, 5.41) is 4.40. The van der Waals surface area contributed by atoms with Gasteiger partial charge in [0.15, 0.2) is 0 Å². The maximum Gasteiger partial charge on any atom is 0.320 e. The molecule has 0 spiro atoms. The Bertz CT molecular complexity index is 892. The van der Waals surface area contributed by atoms with E-state index in [1.54, 1.807) is 11.1 Å². The van der Waals surface area contributed by atoms with E-state index in [1.165, 1.54) is 5.56 Å². The van der Waals surface area contributed by atoms with Gasteiger partial charge in [0.25, 0.3) is 0 Å². The Balaban J connectivity index is 2.11. The van der Waals surface area contributed by atoms with Gasteiger partial charge in [-0.2, -0.15) is 5.10 Å². The first-order chi connectivity index (χ1) is 15.9. The van der Waals surface area contributed by atoms with Crippen LogP contribution in [0.3, 0.4) is 0 Å². The molecule has 0 saturated heterocycles. The molecule has 0 aliphatic rings. The summed E-state index contributed by atoms with van der Waals surface area (Å²) in [5.74, 6) is 0.514. The molecule has 0 fully saturated rings. The van der Waals surface area contributed by atoms with Gasteiger partial charge in [0.1, 0.15) is 5.82 Å². The maximum absolute atomic E-state index is 11.8. The Morgan fingerprint density at radius 2 is 1.91 bits per heavy atom. The number of carbonyl (C=O) groups is 1. The van der Waals surface area contributed by atoms with Crippen molar-refractivity contribution in [3.8, 4) is 0 Å². The molecule has 0 bridgehead atoms. The van der Waals surface area contributed by atoms with E-state index in [0.717, 1.165) is 55.7 Å². The minimum atomic E-state index is -0.202. The molecule has 7 nitrogen and oxygen atoms in total. The highest BCUT2D eigenvalue weighted by Gasteiger charge is 2.10. The fraction of sp³-hybridized carbons (Fsp3) is 0.500. The van der Waals surface area contributed by atoms with Crippen LogP contribution in [0.5, 0.6) is 0 Å². The predicted octanol–water partition coefficient (Wildman–Crippen LogP) is 4.50. The van der Waals surface area contributed by atoms with Crippen molar-refractivity contribution >= 4 is 23.7 Å². The predicted molar refractivity (Wildman–Crippen MR) is 137 cm³/mol. The molecule has 1 heterocycles. The van der Waals surface area contributed by atoms with Crippen molar-refractivity contribution < 1.29 is 9.53 Å². The first-order valence-electron chi connectivity index (χ1n) is 11.8. The number of aryl methyl sites for hydroxylation is 2. The molecule has 0 amide bonds. The van der Waals surface area contributed by atoms with Gasteiger partial charge >= 0.3 is 5.97 Å². The molecule has 0 aliphatic carbocycles. The lowest BCUT2D eigenvalue weighted by molar-refractivity contribution is -0.144. The van der Waals surface area contributed by atoms with Crippen molar-refractivity contribution in [3.63, 3.8) is 0 Å². The van der Waals surface area contributed by atoms with E-state index in [2.05, 4.69) is 60.5 Å². The second-order valence-corrected chi connectivity index (χ2v) is 8.53. The Morgan fingerprint density at radius 3 is 2.58 bits per heavy atom. The average Bonchev–Trinajstić information content (AvgIpc) is 2.76. The monoisotopic (exact) mass is 453 g/mol. The number of anilines is 2. The van der Waals surface area contributed by atoms with Crippen molar-refractivity contribution in [2.75, 3.05) is 50.7 Å². The van der Waals surface area contributed by atoms with Crippen molar-refractivity contribution in [3.05, 3.63) is 53.2 Å². The number of hydrogen-bond donors (Lipinski definition) is 1. The number of ether oxygens (including phenoxy) is 1. The molecule has 0 radical (unpaired) electrons. The van der Waals surface area contributed by atoms with E-state index >= 15 is 0 Å². The van der Waals surface area contributed by atoms with Crippen LogP contribution in [0, 0.1) is 6.92 Å². The van der Waals surface area contributed by atoms with E-state index in [9.17, 15) is 4.79 Å². The van der Waals surface area contributed by atoms with Gasteiger partial charge in [0.05, 0.1) is 19.4 Å². The van der Waals surface area contributed by atoms with Crippen molar-refractivity contribution in [2.24, 2.45) is 5.10 Å². The van der Waals surface area contributed by atoms with Crippen molar-refractivity contribution in [1.82, 2.24) is 9.88 Å². The van der Waals surface area contributed by atoms with Crippen LogP contribution in [0.4, 0.5) is 11.5 Å². The third-order valence-corrected chi connectivity index (χ3v) is 4.94. The molecule has 0 saturated carbocycles. The lowest BCUT2D eigenvalue weighted by Crippen LogP contribution is -2.25. The number of aromatic nitrogens is 1. The first kappa shape index (κ1) is 26.3. The molecule has 2 rings (SSSR count). The molecular weight excluding hydrogens is 414 g/mol. The van der Waals surface area contributed by atoms with Crippen LogP contribution in [0.2, 0.25) is 0 Å². The van der Waals surface area contributed by atoms with E-state index in [-0.39, 0.29) is 5.97 Å². The number of nitrogens with one attached hydrogen (secondary N) is 1. The molecule has 1 N–H and O–H groups in total. The topological polar surface area (TPSA) is 70.1 Å². The zero-order chi connectivity index (χ0) is 24.1. The number of esters is 1. The normalized spacial score (nSPS) is 11.2. The molecule has 0 unspecified atom stereocenters. The van der Waals surface area contributed by atoms with Crippen LogP contribution in [-0.4, -0.2) is 62.4 Å². The molecule has 33 heavy (non-hydrogen) atoms. The minimum Gasteiger partial charge on any atom is -0.465 e. The molecule has 1 aromatic heterocycles. The van der Waals surface area contributed by atoms with Gasteiger partial charge in [0, 0.05) is 30.5 Å². The fourth-order valence-corrected chi connectivity index (χ4v) is 3.52. The lowest BCUT2D eigenvalue weighted by Gasteiger charge is -2.24. The second-order valence-electron chi connectivity index (χ2n) is 8.53. The summed E-state index contributed by atoms with van der Waals surface area (Å²) in [5.41, 5.74) is 7.44. The molecule has 0 aliphatic heterocycles. The lowest BCUT2D eigenvalue weighted by atomic mass is 10.2. The van der Waals surface area contributed by atoms with Gasteiger partial charge in [-0.3, -0.25) is 15.1 Å². The summed E-state index contributed by atoms with van der Waals surface area (Å²) in [6.07, 6.45) is 5.41. The number of rotatable bonds is 14. The zero-order valence-electron chi connectivity index (χ0n) is 20.8. The van der Waals surface area contributed by atoms with Crippen LogP contribution in [0.25, 0.3) is 0 Å². The Labute approximate surface area is 198 Å². The van der Waals surface area contributed by atoms with Gasteiger partial charge in [0.2, 0.25) is 0 Å². The summed E-state index contributed by atoms with van der Waals surface area (Å²) in [7, 11) is 3.70. The van der Waals surface area contributed by atoms with Crippen molar-refractivity contribution in [2.45, 2.75) is 46.5 Å². The smallest absolute Gasteiger partial charge is 0.320 e. The Kier molecular flexibility index (Phi) is 11.4. The van der Waals surface area contributed by atoms with Gasteiger partial charge in [-0.05, 0) is 58.3 Å². The number of likely N-dealkylation sites (N-methyl/N-ethyl adjacent to an activating group) is 1. The number of hydrazone groups is 1. The molecule has 0 atom stereocenters. The molecule has 180 valence electrons. The zero-order valence-corrected chi connectivity index (χ0v) is 20.8. The van der Waals surface area contributed by atoms with Gasteiger partial charge in [-0.15, -0.1) is 0 Å². The van der Waals surface area contributed by atoms with Crippen LogP contribution in [0.1, 0.15) is 49.9 Å². The number of carbonyl (C=O) groups excluding carboxylic acids is 1. The first-order valence-corrected chi connectivity index (χ1v) is 11.8. The van der Waals surface area contributed by atoms with E-state index in [4.69, 9.17) is 9.72 Å². The summed E-state index contributed by atoms with van der Waals surface area (Å²) >= 11 is 0. The molecule has 2 aromatic rings. The second kappa shape index (κ2) is 14.3. The highest BCUT2D eigenvalue weighted by molar-refractivity contribution is 5.80. The van der Waals surface area contributed by atoms with Gasteiger partial charge in [-0.1, -0.05) is 43.7 Å². The number of nitrogens with zero attached hydrogens (tertiary/aromatic N) is 4. The fourth-order valence-electron chi connectivity index (χ4n) is 3.52. The average molecular weight is 454 g/mol. The van der Waals surface area contributed by atoms with Gasteiger partial charge < -0.3 is 9.64 Å². The molecular formula is C26H39N5O2. The Hall–Kier alpha value is -2.93. The highest BCUT2D eigenvalue weighted by atomic mass is 16.5. The van der Waals surface area contributed by atoms with Crippen LogP contribution >= 0.6 is 0 Å². The quantitative estimate of drug-likeness (QED) is 0.197. The summed E-state index contributed by atoms with van der Waals surface area (Å²) < 4.78 is 5.33. The summed E-state index contributed by atoms with van der Waals surface area (Å²) in [4.78, 5) is 20.7. The minimum absolute atomic E-state index is 0.202. The highest BCUT2D eigenvalue weighted by Crippen LogP contribution is 2.22. The van der Waals surface area contributed by atoms with Crippen LogP contribution in [0.15, 0.2) is 41.5 Å². The third-order valence-electron chi connectivity index (χ3n) is 4.94. The molecule has 1 aromatic carbocycles. The van der Waals surface area contributed by atoms with Crippen LogP contribution in [-0.2, 0) is 16.0 Å². The standard InChI is InChI=1S/C26H39N5O2/c1-6-13-31(14-7-2)24-17-23(12-9-15-33-26(32)20-30(4)5)28-25(18-24)29-27-19-22-11-8-10-21(3)16-22/h8,10-11,16-19H,6-7,9,12-15,20H2,1-5H3,(H,28,29)/b27-19+. The SMILES string of the molecule is CCCN(CCC)c1cc(CCCOC(=O)CN(C)C)nc(N/N=C/c2cccc(C)c2)c1. The third kappa shape index (κ3) is 10.0. The number of hydrogen-bond acceptors (Lipinski definition) is 7. The maximum atomic E-state index is 11.8. The summed E-state index contributed by atoms with van der Waals surface area (Å²) in [6, 6.07) is 12.4. The van der Waals surface area contributed by atoms with Crippen LogP contribution < -0.4 is 10.3 Å². The van der Waals surface area contributed by atoms with E-state index in [0.29, 0.717) is 19.0 Å².